The molecule has 3 N–H and O–H groups in total. The first-order chi connectivity index (χ1) is 16.0. The predicted molar refractivity (Wildman–Crippen MR) is 134 cm³/mol. The van der Waals surface area contributed by atoms with Gasteiger partial charge in [0.05, 0.1) is 28.9 Å². The van der Waals surface area contributed by atoms with Gasteiger partial charge in [-0.15, -0.1) is 11.3 Å². The van der Waals surface area contributed by atoms with Crippen molar-refractivity contribution in [2.45, 2.75) is 5.16 Å². The monoisotopic (exact) mass is 544 g/mol. The average Bonchev–Trinajstić information content (AvgIpc) is 3.25. The van der Waals surface area contributed by atoms with Crippen molar-refractivity contribution in [2.75, 3.05) is 12.9 Å². The van der Waals surface area contributed by atoms with Crippen molar-refractivity contribution in [1.29, 1.82) is 0 Å². The van der Waals surface area contributed by atoms with Gasteiger partial charge in [-0.1, -0.05) is 42.1 Å². The second kappa shape index (κ2) is 10.2. The van der Waals surface area contributed by atoms with Gasteiger partial charge in [-0.05, 0) is 39.2 Å². The molecule has 168 valence electrons. The Labute approximate surface area is 204 Å². The number of fused-ring (bicyclic) bond motifs is 1. The lowest BCUT2D eigenvalue weighted by Gasteiger charge is -2.06. The van der Waals surface area contributed by atoms with Crippen LogP contribution < -0.4 is 15.7 Å². The minimum atomic E-state index is -0.361. The van der Waals surface area contributed by atoms with Crippen molar-refractivity contribution in [3.8, 4) is 22.6 Å². The molecule has 4 rings (SSSR count). The molecule has 0 unspecified atom stereocenters. The molecule has 2 aromatic carbocycles. The van der Waals surface area contributed by atoms with Crippen molar-refractivity contribution in [3.05, 3.63) is 68.2 Å². The fourth-order valence-corrected chi connectivity index (χ4v) is 5.12. The zero-order chi connectivity index (χ0) is 23.4. The van der Waals surface area contributed by atoms with E-state index in [1.54, 1.807) is 12.1 Å². The van der Waals surface area contributed by atoms with Gasteiger partial charge in [0.15, 0.2) is 16.7 Å². The van der Waals surface area contributed by atoms with Crippen molar-refractivity contribution >= 4 is 61.4 Å². The van der Waals surface area contributed by atoms with Crippen molar-refractivity contribution in [3.63, 3.8) is 0 Å². The van der Waals surface area contributed by atoms with Crippen LogP contribution in [0, 0.1) is 0 Å². The van der Waals surface area contributed by atoms with E-state index in [-0.39, 0.29) is 28.7 Å². The first kappa shape index (κ1) is 23.0. The molecule has 0 radical (unpaired) electrons. The lowest BCUT2D eigenvalue weighted by atomic mass is 10.1. The normalized spacial score (nSPS) is 11.2. The van der Waals surface area contributed by atoms with E-state index >= 15 is 0 Å². The van der Waals surface area contributed by atoms with E-state index < -0.39 is 0 Å². The molecule has 0 fully saturated rings. The van der Waals surface area contributed by atoms with Crippen molar-refractivity contribution < 1.29 is 14.6 Å². The number of methoxy groups -OCH3 is 1. The number of carbonyl (C=O) groups excluding carboxylic acids is 1. The van der Waals surface area contributed by atoms with Gasteiger partial charge >= 0.3 is 0 Å². The van der Waals surface area contributed by atoms with Crippen molar-refractivity contribution in [1.82, 2.24) is 15.4 Å². The number of amides is 1. The molecule has 0 aliphatic heterocycles. The molecule has 2 heterocycles. The Morgan fingerprint density at radius 3 is 2.91 bits per heavy atom. The van der Waals surface area contributed by atoms with Gasteiger partial charge in [-0.2, -0.15) is 5.10 Å². The standard InChI is InChI=1S/C22H17BrN4O4S2/c1-31-16-8-12(7-15(23)19(16)29)9-24-27-17(28)11-33-22-25-20(30)18-14(10-32-21(18)26-22)13-5-3-2-4-6-13/h2-10,29H,11H2,1H3,(H,27,28)(H,25,26,30)/b24-9+. The van der Waals surface area contributed by atoms with Crippen LogP contribution in [0.15, 0.2) is 67.4 Å². The molecule has 0 saturated carbocycles. The summed E-state index contributed by atoms with van der Waals surface area (Å²) >= 11 is 5.73. The van der Waals surface area contributed by atoms with Crippen LogP contribution in [0.1, 0.15) is 5.56 Å². The third-order valence-electron chi connectivity index (χ3n) is 4.52. The number of rotatable bonds is 7. The van der Waals surface area contributed by atoms with E-state index in [2.05, 4.69) is 36.4 Å². The molecule has 0 aliphatic rings. The molecule has 0 bridgehead atoms. The number of nitrogens with one attached hydrogen (secondary N) is 2. The van der Waals surface area contributed by atoms with Crippen LogP contribution in [-0.4, -0.2) is 40.1 Å². The second-order valence-electron chi connectivity index (χ2n) is 6.70. The zero-order valence-electron chi connectivity index (χ0n) is 17.2. The lowest BCUT2D eigenvalue weighted by molar-refractivity contribution is -0.118. The van der Waals surface area contributed by atoms with E-state index in [1.807, 2.05) is 35.7 Å². The summed E-state index contributed by atoms with van der Waals surface area (Å²) < 4.78 is 5.52. The largest absolute Gasteiger partial charge is 0.503 e. The number of phenols is 1. The summed E-state index contributed by atoms with van der Waals surface area (Å²) in [6.45, 7) is 0. The van der Waals surface area contributed by atoms with Crippen LogP contribution in [0.5, 0.6) is 11.5 Å². The Balaban J connectivity index is 1.40. The van der Waals surface area contributed by atoms with Gasteiger partial charge in [0.1, 0.15) is 4.83 Å². The highest BCUT2D eigenvalue weighted by Gasteiger charge is 2.14. The maximum absolute atomic E-state index is 12.7. The molecule has 0 aliphatic carbocycles. The number of thioether (sulfide) groups is 1. The summed E-state index contributed by atoms with van der Waals surface area (Å²) in [6.07, 6.45) is 1.43. The van der Waals surface area contributed by atoms with E-state index in [9.17, 15) is 14.7 Å². The van der Waals surface area contributed by atoms with Crippen LogP contribution >= 0.6 is 39.0 Å². The molecule has 11 heteroatoms. The van der Waals surface area contributed by atoms with Gasteiger partial charge in [-0.25, -0.2) is 10.4 Å². The molecule has 0 atom stereocenters. The van der Waals surface area contributed by atoms with Crippen LogP contribution in [0.3, 0.4) is 0 Å². The molecule has 33 heavy (non-hydrogen) atoms. The summed E-state index contributed by atoms with van der Waals surface area (Å²) in [5, 5.41) is 16.6. The number of aromatic amines is 1. The van der Waals surface area contributed by atoms with E-state index in [1.165, 1.54) is 24.7 Å². The van der Waals surface area contributed by atoms with E-state index in [4.69, 9.17) is 4.74 Å². The molecule has 0 saturated heterocycles. The highest BCUT2D eigenvalue weighted by Crippen LogP contribution is 2.34. The third kappa shape index (κ3) is 5.27. The fourth-order valence-electron chi connectivity index (χ4n) is 3.00. The zero-order valence-corrected chi connectivity index (χ0v) is 20.4. The fraction of sp³-hybridized carbons (Fsp3) is 0.0909. The Morgan fingerprint density at radius 2 is 2.15 bits per heavy atom. The van der Waals surface area contributed by atoms with Crippen LogP contribution in [0.4, 0.5) is 0 Å². The van der Waals surface area contributed by atoms with Gasteiger partial charge in [-0.3, -0.25) is 9.59 Å². The Bertz CT molecular complexity index is 1400. The number of halogens is 1. The molecule has 1 amide bonds. The molecular formula is C22H17BrN4O4S2. The quantitative estimate of drug-likeness (QED) is 0.138. The van der Waals surface area contributed by atoms with Gasteiger partial charge < -0.3 is 14.8 Å². The number of aromatic nitrogens is 2. The number of carbonyl (C=O) groups is 1. The molecular weight excluding hydrogens is 528 g/mol. The predicted octanol–water partition coefficient (Wildman–Crippen LogP) is 4.37. The van der Waals surface area contributed by atoms with Gasteiger partial charge in [0.2, 0.25) is 0 Å². The molecule has 2 aromatic heterocycles. The Morgan fingerprint density at radius 1 is 1.36 bits per heavy atom. The summed E-state index contributed by atoms with van der Waals surface area (Å²) in [6, 6.07) is 12.9. The smallest absolute Gasteiger partial charge is 0.260 e. The van der Waals surface area contributed by atoms with Gasteiger partial charge in [0.25, 0.3) is 11.5 Å². The molecule has 8 nitrogen and oxygen atoms in total. The lowest BCUT2D eigenvalue weighted by Crippen LogP contribution is -2.20. The average molecular weight is 545 g/mol. The molecule has 4 aromatic rings. The first-order valence-electron chi connectivity index (χ1n) is 9.54. The number of phenolic OH excluding ortho intramolecular Hbond substituents is 1. The van der Waals surface area contributed by atoms with Crippen molar-refractivity contribution in [2.24, 2.45) is 5.10 Å². The number of hydrogen-bond donors (Lipinski definition) is 3. The van der Waals surface area contributed by atoms with E-state index in [0.29, 0.717) is 25.4 Å². The highest BCUT2D eigenvalue weighted by atomic mass is 79.9. The van der Waals surface area contributed by atoms with Crippen LogP contribution in [-0.2, 0) is 4.79 Å². The molecule has 0 spiro atoms. The third-order valence-corrected chi connectivity index (χ3v) is 6.87. The van der Waals surface area contributed by atoms with Crippen LogP contribution in [0.25, 0.3) is 21.3 Å². The maximum Gasteiger partial charge on any atom is 0.260 e. The number of hydrazone groups is 1. The second-order valence-corrected chi connectivity index (χ2v) is 9.38. The topological polar surface area (TPSA) is 117 Å². The Kier molecular flexibility index (Phi) is 7.11. The summed E-state index contributed by atoms with van der Waals surface area (Å²) in [5.41, 5.74) is 4.59. The first-order valence-corrected chi connectivity index (χ1v) is 12.2. The number of benzene rings is 2. The number of H-pyrrole nitrogens is 1. The minimum absolute atomic E-state index is 0.0184. The number of thiophene rings is 1. The van der Waals surface area contributed by atoms with E-state index in [0.717, 1.165) is 22.9 Å². The Hall–Kier alpha value is -3.15. The summed E-state index contributed by atoms with van der Waals surface area (Å²) in [4.78, 5) is 32.7. The maximum atomic E-state index is 12.7. The highest BCUT2D eigenvalue weighted by molar-refractivity contribution is 9.10. The SMILES string of the molecule is COc1cc(/C=N/NC(=O)CSc2nc3scc(-c4ccccc4)c3c(=O)[nH]2)cc(Br)c1O. The summed E-state index contributed by atoms with van der Waals surface area (Å²) in [5.74, 6) is -0.0806. The summed E-state index contributed by atoms with van der Waals surface area (Å²) in [7, 11) is 1.44. The number of aromatic hydroxyl groups is 1. The number of nitrogens with zero attached hydrogens (tertiary/aromatic N) is 2. The van der Waals surface area contributed by atoms with Gasteiger partial charge in [0, 0.05) is 10.9 Å². The minimum Gasteiger partial charge on any atom is -0.503 e. The number of hydrogen-bond acceptors (Lipinski definition) is 8. The number of ether oxygens (including phenoxy) is 1. The van der Waals surface area contributed by atoms with Crippen LogP contribution in [0.2, 0.25) is 0 Å².